The molecule has 1 aliphatic heterocycles. The standard InChI is InChI=1S/C13H11NO3/c1-7-5-8-3-2-4-9-11(8)14(7)6-10(12(9)15)13(16)17/h2-4,6-7H,5H2,1H3,(H,16,17)/t7-/m0/s1. The van der Waals surface area contributed by atoms with Gasteiger partial charge in [0, 0.05) is 17.6 Å². The lowest BCUT2D eigenvalue weighted by Crippen LogP contribution is -2.18. The SMILES string of the molecule is C[C@H]1Cc2cccc3c(=O)c(C(=O)O)cn1c23. The number of carboxylic acid groups (broad SMARTS) is 1. The molecule has 0 radical (unpaired) electrons. The predicted octanol–water partition coefficient (Wildman–Crippen LogP) is 1.82. The first-order chi connectivity index (χ1) is 8.09. The Morgan fingerprint density at radius 2 is 2.24 bits per heavy atom. The molecule has 0 saturated heterocycles. The Hall–Kier alpha value is -2.10. The summed E-state index contributed by atoms with van der Waals surface area (Å²) in [6.07, 6.45) is 2.31. The van der Waals surface area contributed by atoms with Gasteiger partial charge >= 0.3 is 5.97 Å². The summed E-state index contributed by atoms with van der Waals surface area (Å²) < 4.78 is 1.90. The minimum atomic E-state index is -1.16. The van der Waals surface area contributed by atoms with Gasteiger partial charge in [0.25, 0.3) is 0 Å². The van der Waals surface area contributed by atoms with Crippen LogP contribution < -0.4 is 5.43 Å². The highest BCUT2D eigenvalue weighted by Crippen LogP contribution is 2.30. The summed E-state index contributed by atoms with van der Waals surface area (Å²) in [7, 11) is 0. The fourth-order valence-electron chi connectivity index (χ4n) is 2.57. The fraction of sp³-hybridized carbons (Fsp3) is 0.231. The van der Waals surface area contributed by atoms with E-state index in [1.165, 1.54) is 6.20 Å². The van der Waals surface area contributed by atoms with Crippen LogP contribution in [0.5, 0.6) is 0 Å². The lowest BCUT2D eigenvalue weighted by molar-refractivity contribution is 0.0695. The number of aromatic carboxylic acids is 1. The second-order valence-corrected chi connectivity index (χ2v) is 4.45. The zero-order valence-electron chi connectivity index (χ0n) is 9.30. The minimum absolute atomic E-state index is 0.150. The largest absolute Gasteiger partial charge is 0.477 e. The van der Waals surface area contributed by atoms with Gasteiger partial charge in [-0.05, 0) is 25.0 Å². The number of para-hydroxylation sites is 1. The molecule has 1 N–H and O–H groups in total. The lowest BCUT2D eigenvalue weighted by atomic mass is 10.1. The summed E-state index contributed by atoms with van der Waals surface area (Å²) in [5, 5.41) is 9.54. The zero-order chi connectivity index (χ0) is 12.2. The molecule has 4 nitrogen and oxygen atoms in total. The van der Waals surface area contributed by atoms with Crippen LogP contribution in [0.4, 0.5) is 0 Å². The van der Waals surface area contributed by atoms with Crippen LogP contribution in [0, 0.1) is 0 Å². The maximum atomic E-state index is 12.0. The molecule has 2 aromatic rings. The van der Waals surface area contributed by atoms with Gasteiger partial charge in [-0.25, -0.2) is 4.79 Å². The summed E-state index contributed by atoms with van der Waals surface area (Å²) in [6, 6.07) is 5.70. The van der Waals surface area contributed by atoms with Crippen molar-refractivity contribution in [1.82, 2.24) is 4.57 Å². The lowest BCUT2D eigenvalue weighted by Gasteiger charge is -2.10. The van der Waals surface area contributed by atoms with Crippen LogP contribution >= 0.6 is 0 Å². The van der Waals surface area contributed by atoms with Gasteiger partial charge in [0.05, 0.1) is 5.52 Å². The van der Waals surface area contributed by atoms with Crippen LogP contribution in [0.1, 0.15) is 28.9 Å². The maximum Gasteiger partial charge on any atom is 0.341 e. The summed E-state index contributed by atoms with van der Waals surface area (Å²) in [5.41, 5.74) is 1.46. The highest BCUT2D eigenvalue weighted by Gasteiger charge is 2.23. The normalized spacial score (nSPS) is 17.6. The Kier molecular flexibility index (Phi) is 1.90. The molecule has 0 spiro atoms. The molecule has 17 heavy (non-hydrogen) atoms. The van der Waals surface area contributed by atoms with Crippen molar-refractivity contribution in [2.75, 3.05) is 0 Å². The monoisotopic (exact) mass is 229 g/mol. The zero-order valence-corrected chi connectivity index (χ0v) is 9.30. The average molecular weight is 229 g/mol. The molecule has 3 rings (SSSR count). The number of benzene rings is 1. The van der Waals surface area contributed by atoms with E-state index in [2.05, 4.69) is 0 Å². The summed E-state index contributed by atoms with van der Waals surface area (Å²) in [5.74, 6) is -1.16. The van der Waals surface area contributed by atoms with Crippen LogP contribution in [0.3, 0.4) is 0 Å². The van der Waals surface area contributed by atoms with Gasteiger partial charge in [-0.3, -0.25) is 4.79 Å². The second-order valence-electron chi connectivity index (χ2n) is 4.45. The molecular formula is C13H11NO3. The van der Waals surface area contributed by atoms with E-state index in [1.807, 2.05) is 23.6 Å². The number of hydrogen-bond acceptors (Lipinski definition) is 2. The molecular weight excluding hydrogens is 218 g/mol. The van der Waals surface area contributed by atoms with Crippen LogP contribution in [-0.2, 0) is 6.42 Å². The molecule has 1 aromatic heterocycles. The molecule has 0 amide bonds. The minimum Gasteiger partial charge on any atom is -0.477 e. The smallest absolute Gasteiger partial charge is 0.341 e. The predicted molar refractivity (Wildman–Crippen MR) is 63.6 cm³/mol. The van der Waals surface area contributed by atoms with Crippen molar-refractivity contribution < 1.29 is 9.90 Å². The second kappa shape index (κ2) is 3.20. The summed E-state index contributed by atoms with van der Waals surface area (Å²) in [6.45, 7) is 2.02. The Bertz CT molecular complexity index is 700. The van der Waals surface area contributed by atoms with E-state index in [4.69, 9.17) is 5.11 Å². The molecule has 0 bridgehead atoms. The van der Waals surface area contributed by atoms with Crippen molar-refractivity contribution in [3.63, 3.8) is 0 Å². The Labute approximate surface area is 97.1 Å². The first-order valence-electron chi connectivity index (χ1n) is 5.49. The maximum absolute atomic E-state index is 12.0. The Morgan fingerprint density at radius 1 is 1.47 bits per heavy atom. The van der Waals surface area contributed by atoms with Gasteiger partial charge in [0.2, 0.25) is 5.43 Å². The van der Waals surface area contributed by atoms with Crippen LogP contribution in [0.15, 0.2) is 29.2 Å². The third-order valence-corrected chi connectivity index (χ3v) is 3.36. The van der Waals surface area contributed by atoms with Gasteiger partial charge in [-0.2, -0.15) is 0 Å². The number of carboxylic acids is 1. The van der Waals surface area contributed by atoms with E-state index in [0.717, 1.165) is 17.5 Å². The molecule has 1 aromatic carbocycles. The molecule has 0 fully saturated rings. The number of aromatic nitrogens is 1. The first-order valence-corrected chi connectivity index (χ1v) is 5.49. The van der Waals surface area contributed by atoms with Gasteiger partial charge in [-0.1, -0.05) is 12.1 Å². The first kappa shape index (κ1) is 10.1. The third-order valence-electron chi connectivity index (χ3n) is 3.36. The van der Waals surface area contributed by atoms with Crippen LogP contribution in [-0.4, -0.2) is 15.6 Å². The van der Waals surface area contributed by atoms with Crippen LogP contribution in [0.2, 0.25) is 0 Å². The average Bonchev–Trinajstić information content (AvgIpc) is 2.60. The van der Waals surface area contributed by atoms with E-state index in [0.29, 0.717) is 5.39 Å². The number of rotatable bonds is 1. The van der Waals surface area contributed by atoms with E-state index < -0.39 is 5.97 Å². The van der Waals surface area contributed by atoms with Gasteiger partial charge < -0.3 is 9.67 Å². The van der Waals surface area contributed by atoms with Crippen molar-refractivity contribution in [2.24, 2.45) is 0 Å². The number of nitrogens with zero attached hydrogens (tertiary/aromatic N) is 1. The Morgan fingerprint density at radius 3 is 2.94 bits per heavy atom. The molecule has 2 heterocycles. The molecule has 0 saturated carbocycles. The molecule has 4 heteroatoms. The van der Waals surface area contributed by atoms with E-state index in [9.17, 15) is 9.59 Å². The van der Waals surface area contributed by atoms with Gasteiger partial charge in [0.15, 0.2) is 0 Å². The van der Waals surface area contributed by atoms with Crippen molar-refractivity contribution >= 4 is 16.9 Å². The number of hydrogen-bond donors (Lipinski definition) is 1. The van der Waals surface area contributed by atoms with E-state index in [1.54, 1.807) is 6.07 Å². The van der Waals surface area contributed by atoms with E-state index >= 15 is 0 Å². The van der Waals surface area contributed by atoms with Crippen molar-refractivity contribution in [1.29, 1.82) is 0 Å². The number of pyridine rings is 1. The van der Waals surface area contributed by atoms with Crippen molar-refractivity contribution in [3.05, 3.63) is 45.7 Å². The highest BCUT2D eigenvalue weighted by molar-refractivity contribution is 5.94. The summed E-state index contributed by atoms with van der Waals surface area (Å²) in [4.78, 5) is 23.1. The molecule has 1 atom stereocenters. The molecule has 86 valence electrons. The van der Waals surface area contributed by atoms with E-state index in [-0.39, 0.29) is 17.0 Å². The molecule has 0 unspecified atom stereocenters. The fourth-order valence-corrected chi connectivity index (χ4v) is 2.57. The highest BCUT2D eigenvalue weighted by atomic mass is 16.4. The number of carbonyl (C=O) groups is 1. The van der Waals surface area contributed by atoms with Gasteiger partial charge in [-0.15, -0.1) is 0 Å². The van der Waals surface area contributed by atoms with Crippen LogP contribution in [0.25, 0.3) is 10.9 Å². The summed E-state index contributed by atoms with van der Waals surface area (Å²) >= 11 is 0. The third kappa shape index (κ3) is 1.24. The van der Waals surface area contributed by atoms with Crippen molar-refractivity contribution in [3.8, 4) is 0 Å². The van der Waals surface area contributed by atoms with Gasteiger partial charge in [0.1, 0.15) is 5.56 Å². The molecule has 0 aliphatic carbocycles. The van der Waals surface area contributed by atoms with Crippen molar-refractivity contribution in [2.45, 2.75) is 19.4 Å². The Balaban J connectivity index is 2.53. The quantitative estimate of drug-likeness (QED) is 0.811. The topological polar surface area (TPSA) is 59.3 Å². The molecule has 1 aliphatic rings.